The molecule has 3 N–H and O–H groups in total. The molecule has 0 unspecified atom stereocenters. The number of hydrogen-bond donors (Lipinski definition) is 2. The Kier molecular flexibility index (Phi) is 9.52. The third-order valence-electron chi connectivity index (χ3n) is 2.37. The van der Waals surface area contributed by atoms with E-state index in [1.807, 2.05) is 38.1 Å². The fourth-order valence-corrected chi connectivity index (χ4v) is 1.21. The van der Waals surface area contributed by atoms with E-state index in [-0.39, 0.29) is 0 Å². The third-order valence-corrected chi connectivity index (χ3v) is 2.37. The summed E-state index contributed by atoms with van der Waals surface area (Å²) in [4.78, 5) is 0. The summed E-state index contributed by atoms with van der Waals surface area (Å²) in [6.45, 7) is 10.6. The molecule has 0 saturated heterocycles. The van der Waals surface area contributed by atoms with Crippen LogP contribution in [-0.2, 0) is 0 Å². The predicted molar refractivity (Wildman–Crippen MR) is 82.9 cm³/mol. The molecule has 1 rings (SSSR count). The van der Waals surface area contributed by atoms with Gasteiger partial charge in [-0.3, -0.25) is 0 Å². The Morgan fingerprint density at radius 3 is 2.22 bits per heavy atom. The van der Waals surface area contributed by atoms with Crippen LogP contribution in [0.1, 0.15) is 40.0 Å². The molecule has 2 nitrogen and oxygen atoms in total. The maximum atomic E-state index is 5.58. The fourth-order valence-electron chi connectivity index (χ4n) is 1.21. The minimum absolute atomic E-state index is 0.819. The number of nitrogen functional groups attached to an aromatic ring is 1. The summed E-state index contributed by atoms with van der Waals surface area (Å²) in [7, 11) is 0. The summed E-state index contributed by atoms with van der Waals surface area (Å²) >= 11 is 0. The average Bonchev–Trinajstić information content (AvgIpc) is 2.37. The quantitative estimate of drug-likeness (QED) is 0.452. The molecule has 0 aliphatic heterocycles. The van der Waals surface area contributed by atoms with Crippen molar-refractivity contribution in [3.63, 3.8) is 0 Å². The Balaban J connectivity index is 0.000000494. The van der Waals surface area contributed by atoms with E-state index in [0.29, 0.717) is 0 Å². The van der Waals surface area contributed by atoms with Crippen molar-refractivity contribution in [2.24, 2.45) is 0 Å². The van der Waals surface area contributed by atoms with Gasteiger partial charge in [0, 0.05) is 17.9 Å². The van der Waals surface area contributed by atoms with Gasteiger partial charge in [-0.1, -0.05) is 26.3 Å². The number of nitrogens with two attached hydrogens (primary N) is 1. The van der Waals surface area contributed by atoms with Crippen LogP contribution in [0.3, 0.4) is 0 Å². The average molecular weight is 246 g/mol. The van der Waals surface area contributed by atoms with E-state index < -0.39 is 0 Å². The first kappa shape index (κ1) is 16.3. The number of anilines is 2. The first-order chi connectivity index (χ1) is 8.60. The zero-order valence-corrected chi connectivity index (χ0v) is 11.9. The van der Waals surface area contributed by atoms with Crippen LogP contribution < -0.4 is 11.1 Å². The van der Waals surface area contributed by atoms with Gasteiger partial charge in [-0.05, 0) is 50.1 Å². The molecule has 0 heterocycles. The van der Waals surface area contributed by atoms with Gasteiger partial charge < -0.3 is 11.1 Å². The van der Waals surface area contributed by atoms with Crippen LogP contribution in [0.5, 0.6) is 0 Å². The minimum atomic E-state index is 0.819. The summed E-state index contributed by atoms with van der Waals surface area (Å²) in [5, 5.41) is 3.35. The summed E-state index contributed by atoms with van der Waals surface area (Å²) in [5.74, 6) is 0. The third kappa shape index (κ3) is 9.56. The van der Waals surface area contributed by atoms with Gasteiger partial charge in [-0.25, -0.2) is 0 Å². The Bertz CT molecular complexity index is 355. The Morgan fingerprint density at radius 1 is 1.22 bits per heavy atom. The fraction of sp³-hybridized carbons (Fsp3) is 0.438. The van der Waals surface area contributed by atoms with E-state index in [1.165, 1.54) is 19.3 Å². The van der Waals surface area contributed by atoms with E-state index in [4.69, 9.17) is 5.73 Å². The normalized spacial score (nSPS) is 8.83. The first-order valence-electron chi connectivity index (χ1n) is 6.52. The lowest BCUT2D eigenvalue weighted by atomic mass is 10.2. The summed E-state index contributed by atoms with van der Waals surface area (Å²) in [6, 6.07) is 7.87. The first-order valence-corrected chi connectivity index (χ1v) is 6.52. The summed E-state index contributed by atoms with van der Waals surface area (Å²) in [6.07, 6.45) is 3.80. The maximum Gasteiger partial charge on any atom is 0.0341 e. The standard InChI is InChI=1S/C11H18N2.C5H8/c1-2-3-4-9-13-11-7-5-10(12)6-8-11;1-4-5(2)3/h5-8,13H,2-4,9,12H2,1H3;1H2,2-3H3. The van der Waals surface area contributed by atoms with Crippen molar-refractivity contribution in [2.45, 2.75) is 40.0 Å². The topological polar surface area (TPSA) is 38.0 Å². The number of allylic oxidation sites excluding steroid dienone is 1. The molecule has 1 aromatic rings. The van der Waals surface area contributed by atoms with Gasteiger partial charge in [0.05, 0.1) is 0 Å². The molecule has 18 heavy (non-hydrogen) atoms. The van der Waals surface area contributed by atoms with E-state index in [0.717, 1.165) is 23.5 Å². The van der Waals surface area contributed by atoms with Crippen molar-refractivity contribution in [3.8, 4) is 0 Å². The van der Waals surface area contributed by atoms with Crippen LogP contribution in [0.4, 0.5) is 11.4 Å². The molecule has 1 aromatic carbocycles. The van der Waals surface area contributed by atoms with Crippen molar-refractivity contribution >= 4 is 11.4 Å². The summed E-state index contributed by atoms with van der Waals surface area (Å²) in [5.41, 5.74) is 11.4. The van der Waals surface area contributed by atoms with Gasteiger partial charge in [0.1, 0.15) is 0 Å². The lowest BCUT2D eigenvalue weighted by Crippen LogP contribution is -2.00. The van der Waals surface area contributed by atoms with Gasteiger partial charge >= 0.3 is 0 Å². The maximum absolute atomic E-state index is 5.58. The molecular formula is C16H26N2. The molecule has 100 valence electrons. The second kappa shape index (κ2) is 10.5. The number of hydrogen-bond acceptors (Lipinski definition) is 2. The molecule has 2 heteroatoms. The zero-order valence-electron chi connectivity index (χ0n) is 11.9. The number of rotatable bonds is 5. The number of unbranched alkanes of at least 4 members (excludes halogenated alkanes) is 2. The van der Waals surface area contributed by atoms with Crippen LogP contribution in [-0.4, -0.2) is 6.54 Å². The number of nitrogens with one attached hydrogen (secondary N) is 1. The minimum Gasteiger partial charge on any atom is -0.399 e. The monoisotopic (exact) mass is 246 g/mol. The molecule has 0 spiro atoms. The molecule has 0 amide bonds. The van der Waals surface area contributed by atoms with Crippen molar-refractivity contribution < 1.29 is 0 Å². The lowest BCUT2D eigenvalue weighted by Gasteiger charge is -2.05. The smallest absolute Gasteiger partial charge is 0.0341 e. The highest BCUT2D eigenvalue weighted by Gasteiger charge is 1.90. The highest BCUT2D eigenvalue weighted by atomic mass is 14.9. The van der Waals surface area contributed by atoms with E-state index in [2.05, 4.69) is 24.6 Å². The van der Waals surface area contributed by atoms with Crippen molar-refractivity contribution in [2.75, 3.05) is 17.6 Å². The van der Waals surface area contributed by atoms with Crippen LogP contribution in [0, 0.1) is 0 Å². The van der Waals surface area contributed by atoms with E-state index in [1.54, 1.807) is 0 Å². The predicted octanol–water partition coefficient (Wildman–Crippen LogP) is 4.61. The second-order valence-corrected chi connectivity index (χ2v) is 4.43. The second-order valence-electron chi connectivity index (χ2n) is 4.43. The van der Waals surface area contributed by atoms with Crippen LogP contribution >= 0.6 is 0 Å². The Labute approximate surface area is 112 Å². The van der Waals surface area contributed by atoms with Crippen molar-refractivity contribution in [3.05, 3.63) is 42.1 Å². The van der Waals surface area contributed by atoms with Gasteiger partial charge in [0.25, 0.3) is 0 Å². The number of benzene rings is 1. The highest BCUT2D eigenvalue weighted by Crippen LogP contribution is 2.10. The molecule has 0 atom stereocenters. The molecule has 0 radical (unpaired) electrons. The lowest BCUT2D eigenvalue weighted by molar-refractivity contribution is 0.744. The van der Waals surface area contributed by atoms with E-state index in [9.17, 15) is 0 Å². The van der Waals surface area contributed by atoms with Crippen molar-refractivity contribution in [1.29, 1.82) is 0 Å². The molecule has 0 bridgehead atoms. The van der Waals surface area contributed by atoms with Gasteiger partial charge in [-0.15, -0.1) is 5.73 Å². The van der Waals surface area contributed by atoms with Crippen LogP contribution in [0.2, 0.25) is 0 Å². The molecule has 0 aliphatic carbocycles. The van der Waals surface area contributed by atoms with Gasteiger partial charge in [0.15, 0.2) is 0 Å². The Hall–Kier alpha value is -1.66. The SMILES string of the molecule is C=C=C(C)C.CCCCCNc1ccc(N)cc1. The molecular weight excluding hydrogens is 220 g/mol. The largest absolute Gasteiger partial charge is 0.399 e. The molecule has 0 fully saturated rings. The Morgan fingerprint density at radius 2 is 1.78 bits per heavy atom. The van der Waals surface area contributed by atoms with Crippen molar-refractivity contribution in [1.82, 2.24) is 0 Å². The van der Waals surface area contributed by atoms with Gasteiger partial charge in [0.2, 0.25) is 0 Å². The highest BCUT2D eigenvalue weighted by molar-refractivity contribution is 5.50. The molecule has 0 aliphatic rings. The van der Waals surface area contributed by atoms with Crippen LogP contribution in [0.25, 0.3) is 0 Å². The molecule has 0 saturated carbocycles. The summed E-state index contributed by atoms with van der Waals surface area (Å²) < 4.78 is 0. The zero-order chi connectivity index (χ0) is 13.8. The van der Waals surface area contributed by atoms with E-state index >= 15 is 0 Å². The molecule has 0 aromatic heterocycles. The van der Waals surface area contributed by atoms with Crippen LogP contribution in [0.15, 0.2) is 42.1 Å². The van der Waals surface area contributed by atoms with Gasteiger partial charge in [-0.2, -0.15) is 0 Å².